The number of rotatable bonds is 0. The average molecular weight is 211 g/mol. The van der Waals surface area contributed by atoms with Crippen molar-refractivity contribution in [3.8, 4) is 6.07 Å². The molecule has 0 atom stereocenters. The Kier molecular flexibility index (Phi) is 1.89. The molecule has 0 saturated heterocycles. The molecule has 0 aliphatic heterocycles. The Morgan fingerprint density at radius 1 is 1.33 bits per heavy atom. The van der Waals surface area contributed by atoms with E-state index >= 15 is 0 Å². The fourth-order valence-electron chi connectivity index (χ4n) is 1.42. The highest BCUT2D eigenvalue weighted by Gasteiger charge is 2.36. The monoisotopic (exact) mass is 211 g/mol. The van der Waals surface area contributed by atoms with Crippen LogP contribution < -0.4 is 0 Å². The molecule has 0 aliphatic carbocycles. The van der Waals surface area contributed by atoms with Gasteiger partial charge in [-0.1, -0.05) is 0 Å². The summed E-state index contributed by atoms with van der Waals surface area (Å²) in [6.45, 7) is 0. The van der Waals surface area contributed by atoms with Gasteiger partial charge in [0.1, 0.15) is 0 Å². The number of hydrogen-bond donors (Lipinski definition) is 1. The zero-order valence-corrected chi connectivity index (χ0v) is 7.26. The lowest BCUT2D eigenvalue weighted by Gasteiger charge is -2.09. The second kappa shape index (κ2) is 2.98. The van der Waals surface area contributed by atoms with Crippen molar-refractivity contribution >= 4 is 10.9 Å². The highest BCUT2D eigenvalue weighted by atomic mass is 19.4. The van der Waals surface area contributed by atoms with Crippen molar-refractivity contribution in [1.82, 2.24) is 10.2 Å². The Balaban J connectivity index is 2.88. The number of aromatic nitrogens is 2. The number of H-pyrrole nitrogens is 1. The van der Waals surface area contributed by atoms with Crippen molar-refractivity contribution < 1.29 is 13.2 Å². The lowest BCUT2D eigenvalue weighted by atomic mass is 10.0. The molecule has 0 amide bonds. The zero-order valence-electron chi connectivity index (χ0n) is 7.26. The van der Waals surface area contributed by atoms with E-state index in [0.717, 1.165) is 12.3 Å². The number of alkyl halides is 3. The SMILES string of the molecule is N#Cc1ccc2[nH]ncc2c1C(F)(F)F. The molecule has 0 radical (unpaired) electrons. The van der Waals surface area contributed by atoms with Crippen molar-refractivity contribution in [3.05, 3.63) is 29.5 Å². The summed E-state index contributed by atoms with van der Waals surface area (Å²) in [5.41, 5.74) is -1.06. The van der Waals surface area contributed by atoms with Crippen LogP contribution in [-0.4, -0.2) is 10.2 Å². The molecule has 1 aromatic carbocycles. The van der Waals surface area contributed by atoms with E-state index in [4.69, 9.17) is 5.26 Å². The van der Waals surface area contributed by atoms with Crippen LogP contribution in [0.5, 0.6) is 0 Å². The van der Waals surface area contributed by atoms with Crippen LogP contribution in [0.3, 0.4) is 0 Å². The van der Waals surface area contributed by atoms with E-state index in [1.807, 2.05) is 0 Å². The van der Waals surface area contributed by atoms with Crippen LogP contribution in [0.1, 0.15) is 11.1 Å². The predicted molar refractivity (Wildman–Crippen MR) is 45.8 cm³/mol. The van der Waals surface area contributed by atoms with Gasteiger partial charge in [0, 0.05) is 5.39 Å². The molecule has 1 N–H and O–H groups in total. The summed E-state index contributed by atoms with van der Waals surface area (Å²) in [5.74, 6) is 0. The average Bonchev–Trinajstić information content (AvgIpc) is 2.61. The molecule has 0 spiro atoms. The van der Waals surface area contributed by atoms with Gasteiger partial charge in [0.15, 0.2) is 0 Å². The highest BCUT2D eigenvalue weighted by molar-refractivity contribution is 5.84. The fraction of sp³-hybridized carbons (Fsp3) is 0.111. The van der Waals surface area contributed by atoms with Crippen molar-refractivity contribution in [2.45, 2.75) is 6.18 Å². The second-order valence-electron chi connectivity index (χ2n) is 2.93. The molecule has 3 nitrogen and oxygen atoms in total. The Bertz CT molecular complexity index is 548. The standard InChI is InChI=1S/C9H4F3N3/c10-9(11,12)8-5(3-13)1-2-7-6(8)4-14-15-7/h1-2,4H,(H,14,15). The molecule has 0 aliphatic rings. The number of hydrogen-bond acceptors (Lipinski definition) is 2. The van der Waals surface area contributed by atoms with Gasteiger partial charge in [-0.15, -0.1) is 0 Å². The molecular weight excluding hydrogens is 207 g/mol. The molecule has 2 rings (SSSR count). The second-order valence-corrected chi connectivity index (χ2v) is 2.93. The first-order valence-corrected chi connectivity index (χ1v) is 3.97. The van der Waals surface area contributed by atoms with Gasteiger partial charge in [0.25, 0.3) is 0 Å². The van der Waals surface area contributed by atoms with Crippen LogP contribution in [0.25, 0.3) is 10.9 Å². The van der Waals surface area contributed by atoms with Crippen LogP contribution in [0.15, 0.2) is 18.3 Å². The summed E-state index contributed by atoms with van der Waals surface area (Å²) in [5, 5.41) is 14.5. The first kappa shape index (κ1) is 9.52. The van der Waals surface area contributed by atoms with E-state index < -0.39 is 17.3 Å². The molecule has 1 heterocycles. The van der Waals surface area contributed by atoms with Crippen molar-refractivity contribution in [3.63, 3.8) is 0 Å². The molecule has 0 saturated carbocycles. The van der Waals surface area contributed by atoms with E-state index in [-0.39, 0.29) is 10.9 Å². The van der Waals surface area contributed by atoms with E-state index in [0.29, 0.717) is 0 Å². The van der Waals surface area contributed by atoms with Crippen LogP contribution in [-0.2, 0) is 6.18 Å². The molecule has 2 aromatic rings. The number of halogens is 3. The van der Waals surface area contributed by atoms with Gasteiger partial charge >= 0.3 is 6.18 Å². The van der Waals surface area contributed by atoms with Crippen molar-refractivity contribution in [2.75, 3.05) is 0 Å². The smallest absolute Gasteiger partial charge is 0.278 e. The third kappa shape index (κ3) is 1.42. The third-order valence-electron chi connectivity index (χ3n) is 2.03. The minimum atomic E-state index is -4.55. The van der Waals surface area contributed by atoms with Gasteiger partial charge in [-0.25, -0.2) is 0 Å². The normalized spacial score (nSPS) is 11.6. The van der Waals surface area contributed by atoms with Crippen molar-refractivity contribution in [2.24, 2.45) is 0 Å². The first-order chi connectivity index (χ1) is 7.04. The number of fused-ring (bicyclic) bond motifs is 1. The van der Waals surface area contributed by atoms with Crippen LogP contribution in [0.2, 0.25) is 0 Å². The number of nitriles is 1. The van der Waals surface area contributed by atoms with Crippen LogP contribution in [0, 0.1) is 11.3 Å². The van der Waals surface area contributed by atoms with Crippen LogP contribution in [0.4, 0.5) is 13.2 Å². The summed E-state index contributed by atoms with van der Waals surface area (Å²) in [6, 6.07) is 4.05. The van der Waals surface area contributed by atoms with E-state index in [2.05, 4.69) is 10.2 Å². The van der Waals surface area contributed by atoms with Gasteiger partial charge in [-0.05, 0) is 12.1 Å². The number of nitrogens with one attached hydrogen (secondary N) is 1. The summed E-state index contributed by atoms with van der Waals surface area (Å²) in [6.07, 6.45) is -3.48. The summed E-state index contributed by atoms with van der Waals surface area (Å²) >= 11 is 0. The quantitative estimate of drug-likeness (QED) is 0.727. The largest absolute Gasteiger partial charge is 0.418 e. The van der Waals surface area contributed by atoms with E-state index in [1.54, 1.807) is 0 Å². The topological polar surface area (TPSA) is 52.5 Å². The van der Waals surface area contributed by atoms with Gasteiger partial charge in [-0.2, -0.15) is 23.5 Å². The number of benzene rings is 1. The lowest BCUT2D eigenvalue weighted by molar-refractivity contribution is -0.136. The first-order valence-electron chi connectivity index (χ1n) is 3.97. The molecule has 15 heavy (non-hydrogen) atoms. The van der Waals surface area contributed by atoms with Crippen molar-refractivity contribution in [1.29, 1.82) is 5.26 Å². The minimum Gasteiger partial charge on any atom is -0.278 e. The minimum absolute atomic E-state index is 0.0819. The third-order valence-corrected chi connectivity index (χ3v) is 2.03. The molecule has 76 valence electrons. The Hall–Kier alpha value is -2.03. The molecule has 1 aromatic heterocycles. The summed E-state index contributed by atoms with van der Waals surface area (Å²) in [4.78, 5) is 0. The fourth-order valence-corrected chi connectivity index (χ4v) is 1.42. The highest BCUT2D eigenvalue weighted by Crippen LogP contribution is 2.36. The summed E-state index contributed by atoms with van der Waals surface area (Å²) < 4.78 is 38.0. The Labute approximate surface area is 82.1 Å². The van der Waals surface area contributed by atoms with Gasteiger partial charge in [0.2, 0.25) is 0 Å². The van der Waals surface area contributed by atoms with Crippen LogP contribution >= 0.6 is 0 Å². The molecular formula is C9H4F3N3. The van der Waals surface area contributed by atoms with Gasteiger partial charge in [0.05, 0.1) is 28.9 Å². The van der Waals surface area contributed by atoms with E-state index in [9.17, 15) is 13.2 Å². The number of nitrogens with zero attached hydrogens (tertiary/aromatic N) is 2. The molecule has 6 heteroatoms. The summed E-state index contributed by atoms with van der Waals surface area (Å²) in [7, 11) is 0. The van der Waals surface area contributed by atoms with E-state index in [1.165, 1.54) is 12.1 Å². The maximum atomic E-state index is 12.7. The molecule has 0 unspecified atom stereocenters. The Morgan fingerprint density at radius 2 is 2.07 bits per heavy atom. The zero-order chi connectivity index (χ0) is 11.1. The van der Waals surface area contributed by atoms with Gasteiger partial charge in [-0.3, -0.25) is 5.10 Å². The maximum Gasteiger partial charge on any atom is 0.418 e. The Morgan fingerprint density at radius 3 is 2.67 bits per heavy atom. The number of aromatic amines is 1. The molecule has 0 bridgehead atoms. The predicted octanol–water partition coefficient (Wildman–Crippen LogP) is 2.45. The molecule has 0 fully saturated rings. The maximum absolute atomic E-state index is 12.7. The van der Waals surface area contributed by atoms with Gasteiger partial charge < -0.3 is 0 Å². The lowest BCUT2D eigenvalue weighted by Crippen LogP contribution is -2.08.